The van der Waals surface area contributed by atoms with Gasteiger partial charge in [-0.05, 0) is 69.2 Å². The average Bonchev–Trinajstić information content (AvgIpc) is 3.15. The van der Waals surface area contributed by atoms with Crippen LogP contribution in [-0.4, -0.2) is 41.6 Å². The minimum absolute atomic E-state index is 0.0902. The van der Waals surface area contributed by atoms with E-state index in [0.29, 0.717) is 47.6 Å². The van der Waals surface area contributed by atoms with Gasteiger partial charge in [-0.25, -0.2) is 13.1 Å². The first-order chi connectivity index (χ1) is 16.7. The molecule has 0 bridgehead atoms. The van der Waals surface area contributed by atoms with Crippen LogP contribution in [0.2, 0.25) is 0 Å². The van der Waals surface area contributed by atoms with Gasteiger partial charge < -0.3 is 9.47 Å². The zero-order chi connectivity index (χ0) is 24.7. The van der Waals surface area contributed by atoms with Crippen LogP contribution in [0.1, 0.15) is 22.5 Å². The van der Waals surface area contributed by atoms with Crippen LogP contribution in [0.25, 0.3) is 17.1 Å². The standard InChI is InChI=1S/C25H25N5O4S/c1-15-5-6-19(13-16(15)2)21-8-10-24(27-26-21)30-18(4)25(17(3)28-30)35(31,32)29-20-7-9-22-23(14-20)34-12-11-33-22/h5-10,13-14,29H,11-12H2,1-4H3. The number of anilines is 1. The van der Waals surface area contributed by atoms with E-state index >= 15 is 0 Å². The predicted molar refractivity (Wildman–Crippen MR) is 132 cm³/mol. The number of hydrogen-bond acceptors (Lipinski definition) is 7. The van der Waals surface area contributed by atoms with Crippen LogP contribution in [0.3, 0.4) is 0 Å². The van der Waals surface area contributed by atoms with Gasteiger partial charge in [0.1, 0.15) is 18.1 Å². The van der Waals surface area contributed by atoms with Crippen LogP contribution in [0.5, 0.6) is 11.5 Å². The van der Waals surface area contributed by atoms with Crippen molar-refractivity contribution in [1.29, 1.82) is 0 Å². The lowest BCUT2D eigenvalue weighted by Gasteiger charge is -2.19. The lowest BCUT2D eigenvalue weighted by atomic mass is 10.0. The fourth-order valence-electron chi connectivity index (χ4n) is 4.05. The van der Waals surface area contributed by atoms with E-state index in [1.54, 1.807) is 38.1 Å². The first-order valence-corrected chi connectivity index (χ1v) is 12.6. The van der Waals surface area contributed by atoms with E-state index in [1.165, 1.54) is 15.8 Å². The largest absolute Gasteiger partial charge is 0.486 e. The molecule has 0 spiro atoms. The number of nitrogens with one attached hydrogen (secondary N) is 1. The van der Waals surface area contributed by atoms with E-state index in [-0.39, 0.29) is 4.90 Å². The summed E-state index contributed by atoms with van der Waals surface area (Å²) in [7, 11) is -3.93. The molecule has 9 nitrogen and oxygen atoms in total. The van der Waals surface area contributed by atoms with Gasteiger partial charge in [0, 0.05) is 11.6 Å². The van der Waals surface area contributed by atoms with E-state index in [9.17, 15) is 8.42 Å². The highest BCUT2D eigenvalue weighted by Gasteiger charge is 2.26. The molecule has 4 aromatic rings. The Labute approximate surface area is 203 Å². The molecule has 180 valence electrons. The van der Waals surface area contributed by atoms with E-state index in [4.69, 9.17) is 9.47 Å². The van der Waals surface area contributed by atoms with Crippen LogP contribution in [0.4, 0.5) is 5.69 Å². The highest BCUT2D eigenvalue weighted by Crippen LogP contribution is 2.34. The second-order valence-electron chi connectivity index (χ2n) is 8.45. The molecule has 1 aliphatic rings. The maximum Gasteiger partial charge on any atom is 0.265 e. The van der Waals surface area contributed by atoms with Gasteiger partial charge in [-0.1, -0.05) is 12.1 Å². The van der Waals surface area contributed by atoms with E-state index < -0.39 is 10.0 Å². The number of benzene rings is 2. The predicted octanol–water partition coefficient (Wildman–Crippen LogP) is 4.13. The fourth-order valence-corrected chi connectivity index (χ4v) is 5.49. The van der Waals surface area contributed by atoms with Crippen LogP contribution in [0.15, 0.2) is 53.4 Å². The summed E-state index contributed by atoms with van der Waals surface area (Å²) < 4.78 is 41.7. The lowest BCUT2D eigenvalue weighted by molar-refractivity contribution is 0.171. The minimum atomic E-state index is -3.93. The molecule has 5 rings (SSSR count). The van der Waals surface area contributed by atoms with Gasteiger partial charge in [0.05, 0.1) is 22.8 Å². The summed E-state index contributed by atoms with van der Waals surface area (Å²) in [4.78, 5) is 0.0902. The van der Waals surface area contributed by atoms with Crippen molar-refractivity contribution in [1.82, 2.24) is 20.0 Å². The molecule has 2 aromatic heterocycles. The number of aromatic nitrogens is 4. The maximum atomic E-state index is 13.3. The number of sulfonamides is 1. The molecule has 0 atom stereocenters. The second kappa shape index (κ2) is 8.70. The van der Waals surface area contributed by atoms with Crippen LogP contribution < -0.4 is 14.2 Å². The van der Waals surface area contributed by atoms with Gasteiger partial charge in [-0.2, -0.15) is 5.10 Å². The van der Waals surface area contributed by atoms with Crippen molar-refractivity contribution in [3.8, 4) is 28.6 Å². The average molecular weight is 492 g/mol. The third-order valence-electron chi connectivity index (χ3n) is 5.96. The van der Waals surface area contributed by atoms with Crippen LogP contribution in [-0.2, 0) is 10.0 Å². The van der Waals surface area contributed by atoms with Gasteiger partial charge in [-0.3, -0.25) is 4.72 Å². The van der Waals surface area contributed by atoms with Gasteiger partial charge in [0.2, 0.25) is 0 Å². The number of rotatable bonds is 5. The van der Waals surface area contributed by atoms with Gasteiger partial charge >= 0.3 is 0 Å². The normalized spacial score (nSPS) is 13.0. The zero-order valence-corrected chi connectivity index (χ0v) is 20.7. The van der Waals surface area contributed by atoms with Crippen molar-refractivity contribution in [2.24, 2.45) is 0 Å². The van der Waals surface area contributed by atoms with Gasteiger partial charge in [0.15, 0.2) is 17.3 Å². The Morgan fingerprint density at radius 2 is 1.63 bits per heavy atom. The summed E-state index contributed by atoms with van der Waals surface area (Å²) in [6.45, 7) is 8.33. The lowest BCUT2D eigenvalue weighted by Crippen LogP contribution is -2.17. The summed E-state index contributed by atoms with van der Waals surface area (Å²) in [6.07, 6.45) is 0. The maximum absolute atomic E-state index is 13.3. The highest BCUT2D eigenvalue weighted by atomic mass is 32.2. The van der Waals surface area contributed by atoms with Crippen molar-refractivity contribution < 1.29 is 17.9 Å². The molecule has 10 heteroatoms. The first kappa shape index (κ1) is 22.9. The third-order valence-corrected chi connectivity index (χ3v) is 7.59. The topological polar surface area (TPSA) is 108 Å². The Bertz CT molecular complexity index is 1530. The third kappa shape index (κ3) is 4.32. The molecule has 2 aromatic carbocycles. The van der Waals surface area contributed by atoms with Crippen molar-refractivity contribution in [2.45, 2.75) is 32.6 Å². The van der Waals surface area contributed by atoms with Crippen LogP contribution >= 0.6 is 0 Å². The molecule has 0 aliphatic carbocycles. The van der Waals surface area contributed by atoms with Crippen molar-refractivity contribution >= 4 is 15.7 Å². The van der Waals surface area contributed by atoms with Crippen molar-refractivity contribution in [3.63, 3.8) is 0 Å². The SMILES string of the molecule is Cc1ccc(-c2ccc(-n3nc(C)c(S(=O)(=O)Nc4ccc5c(c4)OCCO5)c3C)nn2)cc1C. The molecule has 0 saturated heterocycles. The molecule has 0 unspecified atom stereocenters. The quantitative estimate of drug-likeness (QED) is 0.447. The molecule has 35 heavy (non-hydrogen) atoms. The minimum Gasteiger partial charge on any atom is -0.486 e. The number of fused-ring (bicyclic) bond motifs is 1. The Balaban J connectivity index is 1.44. The smallest absolute Gasteiger partial charge is 0.265 e. The highest BCUT2D eigenvalue weighted by molar-refractivity contribution is 7.92. The Kier molecular flexibility index (Phi) is 5.68. The molecule has 1 N–H and O–H groups in total. The van der Waals surface area contributed by atoms with E-state index in [1.807, 2.05) is 18.2 Å². The van der Waals surface area contributed by atoms with Gasteiger partial charge in [0.25, 0.3) is 10.0 Å². The van der Waals surface area contributed by atoms with Crippen LogP contribution in [0, 0.1) is 27.7 Å². The first-order valence-electron chi connectivity index (χ1n) is 11.1. The fraction of sp³-hybridized carbons (Fsp3) is 0.240. The van der Waals surface area contributed by atoms with E-state index in [0.717, 1.165) is 11.3 Å². The number of ether oxygens (including phenoxy) is 2. The number of nitrogens with zero attached hydrogens (tertiary/aromatic N) is 4. The zero-order valence-electron chi connectivity index (χ0n) is 19.9. The molecule has 0 amide bonds. The summed E-state index contributed by atoms with van der Waals surface area (Å²) in [6, 6.07) is 14.7. The number of aryl methyl sites for hydroxylation is 3. The summed E-state index contributed by atoms with van der Waals surface area (Å²) in [5.74, 6) is 1.51. The summed E-state index contributed by atoms with van der Waals surface area (Å²) in [5, 5.41) is 13.1. The Morgan fingerprint density at radius 1 is 0.857 bits per heavy atom. The monoisotopic (exact) mass is 491 g/mol. The van der Waals surface area contributed by atoms with E-state index in [2.05, 4.69) is 39.9 Å². The molecule has 3 heterocycles. The summed E-state index contributed by atoms with van der Waals surface area (Å²) >= 11 is 0. The molecular formula is C25H25N5O4S. The molecular weight excluding hydrogens is 466 g/mol. The Hall–Kier alpha value is -3.92. The molecule has 1 aliphatic heterocycles. The number of hydrogen-bond donors (Lipinski definition) is 1. The molecule has 0 radical (unpaired) electrons. The van der Waals surface area contributed by atoms with Crippen molar-refractivity contribution in [3.05, 3.63) is 71.0 Å². The van der Waals surface area contributed by atoms with Gasteiger partial charge in [-0.15, -0.1) is 10.2 Å². The molecule has 0 fully saturated rings. The Morgan fingerprint density at radius 3 is 2.34 bits per heavy atom. The molecule has 0 saturated carbocycles. The second-order valence-corrected chi connectivity index (χ2v) is 10.1. The summed E-state index contributed by atoms with van der Waals surface area (Å²) in [5.41, 5.74) is 5.23. The van der Waals surface area contributed by atoms with Crippen molar-refractivity contribution in [2.75, 3.05) is 17.9 Å².